The number of hydrogen-bond acceptors (Lipinski definition) is 5. The smallest absolute Gasteiger partial charge is 0.262 e. The Balaban J connectivity index is 1.96. The van der Waals surface area contributed by atoms with Gasteiger partial charge >= 0.3 is 0 Å². The number of rotatable bonds is 6. The molecule has 0 spiro atoms. The standard InChI is InChI=1S/C16H22N4OS/c1-5-10(2)11(3)19-20-15(21)12(4)17-16-18-13-8-6-7-9-14(13)22-16/h6-10,12H,5H2,1-4H3,(H,17,18)(H,20,21)/b19-11-/t10-,12+/m0/s1. The Hall–Kier alpha value is -1.95. The van der Waals surface area contributed by atoms with Crippen LogP contribution >= 0.6 is 11.3 Å². The zero-order chi connectivity index (χ0) is 16.1. The fraction of sp³-hybridized carbons (Fsp3) is 0.438. The van der Waals surface area contributed by atoms with Crippen molar-refractivity contribution in [2.24, 2.45) is 11.0 Å². The van der Waals surface area contributed by atoms with E-state index in [1.54, 1.807) is 6.92 Å². The fourth-order valence-corrected chi connectivity index (χ4v) is 2.78. The molecule has 0 unspecified atom stereocenters. The number of carbonyl (C=O) groups is 1. The van der Waals surface area contributed by atoms with E-state index in [1.165, 1.54) is 11.3 Å². The minimum atomic E-state index is -0.394. The maximum absolute atomic E-state index is 12.1. The van der Waals surface area contributed by atoms with Gasteiger partial charge in [0.25, 0.3) is 5.91 Å². The van der Waals surface area contributed by atoms with Crippen LogP contribution in [0.15, 0.2) is 29.4 Å². The van der Waals surface area contributed by atoms with E-state index in [0.717, 1.165) is 27.5 Å². The number of thiazole rings is 1. The second-order valence-corrected chi connectivity index (χ2v) is 6.42. The molecule has 5 nitrogen and oxygen atoms in total. The molecule has 0 aliphatic rings. The first-order valence-corrected chi connectivity index (χ1v) is 8.29. The Morgan fingerprint density at radius 1 is 1.36 bits per heavy atom. The van der Waals surface area contributed by atoms with Gasteiger partial charge in [-0.1, -0.05) is 37.3 Å². The average Bonchev–Trinajstić information content (AvgIpc) is 2.93. The van der Waals surface area contributed by atoms with Crippen molar-refractivity contribution in [3.05, 3.63) is 24.3 Å². The molecule has 6 heteroatoms. The molecule has 0 saturated carbocycles. The monoisotopic (exact) mass is 318 g/mol. The fourth-order valence-electron chi connectivity index (χ4n) is 1.83. The van der Waals surface area contributed by atoms with Crippen LogP contribution < -0.4 is 10.7 Å². The number of benzene rings is 1. The Morgan fingerprint density at radius 2 is 2.09 bits per heavy atom. The molecule has 2 atom stereocenters. The van der Waals surface area contributed by atoms with Crippen molar-refractivity contribution in [1.82, 2.24) is 10.4 Å². The second kappa shape index (κ2) is 7.35. The molecule has 0 saturated heterocycles. The number of nitrogens with one attached hydrogen (secondary N) is 2. The van der Waals surface area contributed by atoms with Gasteiger partial charge in [-0.3, -0.25) is 4.79 Å². The summed E-state index contributed by atoms with van der Waals surface area (Å²) in [5.74, 6) is 0.203. The normalized spacial score (nSPS) is 14.6. The molecule has 0 fully saturated rings. The molecule has 0 bridgehead atoms. The molecule has 0 aliphatic heterocycles. The summed E-state index contributed by atoms with van der Waals surface area (Å²) in [5.41, 5.74) is 4.49. The van der Waals surface area contributed by atoms with Crippen LogP contribution in [0, 0.1) is 5.92 Å². The van der Waals surface area contributed by atoms with Crippen molar-refractivity contribution in [3.63, 3.8) is 0 Å². The summed E-state index contributed by atoms with van der Waals surface area (Å²) in [6.45, 7) is 7.92. The molecule has 2 N–H and O–H groups in total. The Morgan fingerprint density at radius 3 is 2.77 bits per heavy atom. The third-order valence-electron chi connectivity index (χ3n) is 3.70. The van der Waals surface area contributed by atoms with E-state index < -0.39 is 6.04 Å². The predicted octanol–water partition coefficient (Wildman–Crippen LogP) is 3.63. The summed E-state index contributed by atoms with van der Waals surface area (Å²) < 4.78 is 1.10. The van der Waals surface area contributed by atoms with Crippen molar-refractivity contribution < 1.29 is 4.79 Å². The van der Waals surface area contributed by atoms with Crippen molar-refractivity contribution in [3.8, 4) is 0 Å². The van der Waals surface area contributed by atoms with Gasteiger partial charge in [-0.05, 0) is 38.3 Å². The number of aromatic nitrogens is 1. The zero-order valence-electron chi connectivity index (χ0n) is 13.4. The van der Waals surface area contributed by atoms with Gasteiger partial charge in [-0.2, -0.15) is 5.10 Å². The highest BCUT2D eigenvalue weighted by atomic mass is 32.1. The van der Waals surface area contributed by atoms with Crippen LogP contribution in [0.2, 0.25) is 0 Å². The minimum Gasteiger partial charge on any atom is -0.350 e. The van der Waals surface area contributed by atoms with Crippen LogP contribution in [-0.2, 0) is 4.79 Å². The second-order valence-electron chi connectivity index (χ2n) is 5.39. The largest absolute Gasteiger partial charge is 0.350 e. The van der Waals surface area contributed by atoms with Crippen LogP contribution in [-0.4, -0.2) is 22.6 Å². The molecule has 0 radical (unpaired) electrons. The first kappa shape index (κ1) is 16.4. The Labute approximate surface area is 134 Å². The van der Waals surface area contributed by atoms with Crippen LogP contribution in [0.1, 0.15) is 34.1 Å². The van der Waals surface area contributed by atoms with E-state index in [-0.39, 0.29) is 5.91 Å². The van der Waals surface area contributed by atoms with Gasteiger partial charge < -0.3 is 5.32 Å². The summed E-state index contributed by atoms with van der Waals surface area (Å²) in [7, 11) is 0. The first-order valence-electron chi connectivity index (χ1n) is 7.47. The van der Waals surface area contributed by atoms with Gasteiger partial charge in [-0.15, -0.1) is 0 Å². The number of nitrogens with zero attached hydrogens (tertiary/aromatic N) is 2. The molecule has 1 aromatic heterocycles. The molecule has 2 aromatic rings. The number of carbonyl (C=O) groups excluding carboxylic acids is 1. The quantitative estimate of drug-likeness (QED) is 0.631. The number of hydrazone groups is 1. The Kier molecular flexibility index (Phi) is 5.49. The number of hydrogen-bond donors (Lipinski definition) is 2. The van der Waals surface area contributed by atoms with Gasteiger partial charge in [0.2, 0.25) is 0 Å². The first-order chi connectivity index (χ1) is 10.5. The van der Waals surface area contributed by atoms with E-state index >= 15 is 0 Å². The van der Waals surface area contributed by atoms with E-state index in [0.29, 0.717) is 5.92 Å². The maximum Gasteiger partial charge on any atom is 0.262 e. The third-order valence-corrected chi connectivity index (χ3v) is 4.66. The highest BCUT2D eigenvalue weighted by molar-refractivity contribution is 7.22. The van der Waals surface area contributed by atoms with Crippen LogP contribution in [0.4, 0.5) is 5.13 Å². The lowest BCUT2D eigenvalue weighted by Gasteiger charge is -2.12. The summed E-state index contributed by atoms with van der Waals surface area (Å²) in [5, 5.41) is 8.03. The van der Waals surface area contributed by atoms with Crippen LogP contribution in [0.25, 0.3) is 10.2 Å². The summed E-state index contributed by atoms with van der Waals surface area (Å²) in [6, 6.07) is 7.51. The van der Waals surface area contributed by atoms with Crippen molar-refractivity contribution in [2.75, 3.05) is 5.32 Å². The molecule has 0 aliphatic carbocycles. The van der Waals surface area contributed by atoms with Gasteiger partial charge in [0, 0.05) is 5.71 Å². The predicted molar refractivity (Wildman–Crippen MR) is 93.4 cm³/mol. The lowest BCUT2D eigenvalue weighted by Crippen LogP contribution is -2.35. The lowest BCUT2D eigenvalue weighted by molar-refractivity contribution is -0.121. The minimum absolute atomic E-state index is 0.165. The number of amides is 1. The zero-order valence-corrected chi connectivity index (χ0v) is 14.2. The van der Waals surface area contributed by atoms with Gasteiger partial charge in [-0.25, -0.2) is 10.4 Å². The van der Waals surface area contributed by atoms with Gasteiger partial charge in [0.1, 0.15) is 6.04 Å². The highest BCUT2D eigenvalue weighted by Gasteiger charge is 2.14. The molecular formula is C16H22N4OS. The molecule has 2 rings (SSSR count). The topological polar surface area (TPSA) is 66.4 Å². The molecule has 1 aromatic carbocycles. The van der Waals surface area contributed by atoms with E-state index in [4.69, 9.17) is 0 Å². The molecule has 118 valence electrons. The summed E-state index contributed by atoms with van der Waals surface area (Å²) in [4.78, 5) is 16.5. The maximum atomic E-state index is 12.1. The van der Waals surface area contributed by atoms with Crippen molar-refractivity contribution in [1.29, 1.82) is 0 Å². The molecular weight excluding hydrogens is 296 g/mol. The van der Waals surface area contributed by atoms with Crippen LogP contribution in [0.3, 0.4) is 0 Å². The number of fused-ring (bicyclic) bond motifs is 1. The summed E-state index contributed by atoms with van der Waals surface area (Å²) in [6.07, 6.45) is 1.00. The lowest BCUT2D eigenvalue weighted by atomic mass is 10.1. The highest BCUT2D eigenvalue weighted by Crippen LogP contribution is 2.25. The molecule has 1 heterocycles. The van der Waals surface area contributed by atoms with Crippen LogP contribution in [0.5, 0.6) is 0 Å². The Bertz CT molecular complexity index is 647. The third kappa shape index (κ3) is 4.04. The van der Waals surface area contributed by atoms with Gasteiger partial charge in [0.15, 0.2) is 5.13 Å². The van der Waals surface area contributed by atoms with Gasteiger partial charge in [0.05, 0.1) is 10.2 Å². The van der Waals surface area contributed by atoms with E-state index in [9.17, 15) is 4.79 Å². The van der Waals surface area contributed by atoms with Crippen molar-refractivity contribution in [2.45, 2.75) is 40.2 Å². The average molecular weight is 318 g/mol. The number of para-hydroxylation sites is 1. The molecule has 22 heavy (non-hydrogen) atoms. The van der Waals surface area contributed by atoms with E-state index in [1.807, 2.05) is 31.2 Å². The van der Waals surface area contributed by atoms with Crippen molar-refractivity contribution >= 4 is 38.3 Å². The summed E-state index contributed by atoms with van der Waals surface area (Å²) >= 11 is 1.54. The molecule has 1 amide bonds. The van der Waals surface area contributed by atoms with E-state index in [2.05, 4.69) is 34.7 Å². The number of anilines is 1. The SMILES string of the molecule is CC[C@H](C)/C(C)=N\NC(=O)[C@@H](C)Nc1nc2ccccc2s1.